The maximum atomic E-state index is 10.9. The molecule has 1 rings (SSSR count). The van der Waals surface area contributed by atoms with Gasteiger partial charge in [-0.1, -0.05) is 43.2 Å². The highest BCUT2D eigenvalue weighted by atomic mass is 16.6. The van der Waals surface area contributed by atoms with Crippen molar-refractivity contribution in [2.24, 2.45) is 5.73 Å². The monoisotopic (exact) mass is 251 g/mol. The van der Waals surface area contributed by atoms with Crippen LogP contribution in [0.2, 0.25) is 0 Å². The van der Waals surface area contributed by atoms with Gasteiger partial charge in [0.2, 0.25) is 0 Å². The highest BCUT2D eigenvalue weighted by molar-refractivity contribution is 5.64. The first-order chi connectivity index (χ1) is 8.54. The minimum atomic E-state index is -0.845. The first-order valence-electron chi connectivity index (χ1n) is 6.25. The van der Waals surface area contributed by atoms with E-state index in [2.05, 4.69) is 0 Å². The molecule has 1 aromatic carbocycles. The number of amides is 1. The van der Waals surface area contributed by atoms with Crippen molar-refractivity contribution >= 4 is 6.09 Å². The number of rotatable bonds is 6. The van der Waals surface area contributed by atoms with Gasteiger partial charge in [0.05, 0.1) is 0 Å². The highest BCUT2D eigenvalue weighted by Gasteiger charge is 2.23. The van der Waals surface area contributed by atoms with Crippen LogP contribution in [0.3, 0.4) is 0 Å². The molecule has 0 aromatic heterocycles. The molecule has 0 aliphatic rings. The number of benzene rings is 1. The molecule has 1 aromatic rings. The molecule has 0 radical (unpaired) electrons. The van der Waals surface area contributed by atoms with Gasteiger partial charge in [-0.3, -0.25) is 0 Å². The van der Waals surface area contributed by atoms with Crippen molar-refractivity contribution in [2.75, 3.05) is 0 Å². The van der Waals surface area contributed by atoms with E-state index in [1.165, 1.54) is 0 Å². The number of unbranched alkanes of at least 4 members (excludes halogenated alkanes) is 1. The van der Waals surface area contributed by atoms with Gasteiger partial charge in [-0.05, 0) is 25.3 Å². The van der Waals surface area contributed by atoms with Gasteiger partial charge >= 0.3 is 6.09 Å². The van der Waals surface area contributed by atoms with Crippen molar-refractivity contribution in [2.45, 2.75) is 45.3 Å². The van der Waals surface area contributed by atoms with Crippen LogP contribution in [0.4, 0.5) is 4.79 Å². The Hall–Kier alpha value is -1.55. The predicted molar refractivity (Wildman–Crippen MR) is 70.1 cm³/mol. The summed E-state index contributed by atoms with van der Waals surface area (Å²) in [7, 11) is 0. The van der Waals surface area contributed by atoms with E-state index in [1.54, 1.807) is 0 Å². The van der Waals surface area contributed by atoms with E-state index in [0.29, 0.717) is 6.42 Å². The van der Waals surface area contributed by atoms with E-state index in [1.807, 2.05) is 38.1 Å². The van der Waals surface area contributed by atoms with Crippen molar-refractivity contribution in [3.63, 3.8) is 0 Å². The maximum Gasteiger partial charge on any atom is 0.404 e. The normalized spacial score (nSPS) is 13.9. The first-order valence-corrected chi connectivity index (χ1v) is 6.25. The van der Waals surface area contributed by atoms with E-state index in [9.17, 15) is 9.90 Å². The van der Waals surface area contributed by atoms with Crippen molar-refractivity contribution in [1.29, 1.82) is 0 Å². The third-order valence-corrected chi connectivity index (χ3v) is 2.85. The summed E-state index contributed by atoms with van der Waals surface area (Å²) >= 11 is 0. The van der Waals surface area contributed by atoms with Crippen molar-refractivity contribution in [3.05, 3.63) is 35.4 Å². The Morgan fingerprint density at radius 1 is 1.50 bits per heavy atom. The van der Waals surface area contributed by atoms with Crippen LogP contribution in [0.1, 0.15) is 43.4 Å². The average molecular weight is 251 g/mol. The van der Waals surface area contributed by atoms with Gasteiger partial charge in [-0.15, -0.1) is 0 Å². The molecule has 2 unspecified atom stereocenters. The van der Waals surface area contributed by atoms with Crippen molar-refractivity contribution in [3.8, 4) is 0 Å². The topological polar surface area (TPSA) is 72.5 Å². The van der Waals surface area contributed by atoms with Crippen LogP contribution in [0.5, 0.6) is 0 Å². The molecule has 0 fully saturated rings. The Balaban J connectivity index is 2.79. The fourth-order valence-corrected chi connectivity index (χ4v) is 1.90. The largest absolute Gasteiger partial charge is 0.443 e. The van der Waals surface area contributed by atoms with Gasteiger partial charge in [0.25, 0.3) is 0 Å². The van der Waals surface area contributed by atoms with Crippen LogP contribution >= 0.6 is 0 Å². The summed E-state index contributed by atoms with van der Waals surface area (Å²) in [5.41, 5.74) is 6.84. The van der Waals surface area contributed by atoms with Crippen LogP contribution in [0, 0.1) is 6.92 Å². The molecule has 2 atom stereocenters. The Morgan fingerprint density at radius 3 is 2.78 bits per heavy atom. The number of primary amides is 1. The fourth-order valence-electron chi connectivity index (χ4n) is 1.90. The molecule has 3 N–H and O–H groups in total. The number of aliphatic hydroxyl groups excluding tert-OH is 1. The lowest BCUT2D eigenvalue weighted by molar-refractivity contribution is -0.000313. The minimum absolute atomic E-state index is 0.579. The molecule has 4 heteroatoms. The molecule has 0 spiro atoms. The van der Waals surface area contributed by atoms with Gasteiger partial charge in [0.1, 0.15) is 12.2 Å². The quantitative estimate of drug-likeness (QED) is 0.816. The molecule has 18 heavy (non-hydrogen) atoms. The number of hydrogen-bond acceptors (Lipinski definition) is 3. The second kappa shape index (κ2) is 7.01. The molecular weight excluding hydrogens is 230 g/mol. The van der Waals surface area contributed by atoms with E-state index in [4.69, 9.17) is 10.5 Å². The number of carbonyl (C=O) groups is 1. The number of nitrogens with two attached hydrogens (primary N) is 1. The first kappa shape index (κ1) is 14.5. The fraction of sp³-hybridized carbons (Fsp3) is 0.500. The maximum absolute atomic E-state index is 10.9. The SMILES string of the molecule is CCCCC(OC(N)=O)C(O)c1cccc(C)c1. The summed E-state index contributed by atoms with van der Waals surface area (Å²) in [6, 6.07) is 7.52. The summed E-state index contributed by atoms with van der Waals surface area (Å²) in [5.74, 6) is 0. The molecule has 100 valence electrons. The zero-order chi connectivity index (χ0) is 13.5. The zero-order valence-corrected chi connectivity index (χ0v) is 10.9. The number of aliphatic hydroxyl groups is 1. The van der Waals surface area contributed by atoms with Gasteiger partial charge in [0.15, 0.2) is 0 Å². The average Bonchev–Trinajstić information content (AvgIpc) is 2.33. The summed E-state index contributed by atoms with van der Waals surface area (Å²) in [6.45, 7) is 3.99. The van der Waals surface area contributed by atoms with E-state index >= 15 is 0 Å². The van der Waals surface area contributed by atoms with Crippen LogP contribution in [0.25, 0.3) is 0 Å². The standard InChI is InChI=1S/C14H21NO3/c1-3-4-8-12(18-14(15)17)13(16)11-7-5-6-10(2)9-11/h5-7,9,12-13,16H,3-4,8H2,1-2H3,(H2,15,17). The molecular formula is C14H21NO3. The lowest BCUT2D eigenvalue weighted by Gasteiger charge is -2.22. The Morgan fingerprint density at radius 2 is 2.22 bits per heavy atom. The smallest absolute Gasteiger partial charge is 0.404 e. The molecule has 0 bridgehead atoms. The Labute approximate surface area is 108 Å². The van der Waals surface area contributed by atoms with E-state index in [0.717, 1.165) is 24.0 Å². The summed E-state index contributed by atoms with van der Waals surface area (Å²) in [5, 5.41) is 10.2. The number of hydrogen-bond donors (Lipinski definition) is 2. The lowest BCUT2D eigenvalue weighted by atomic mass is 9.99. The molecule has 0 saturated carbocycles. The van der Waals surface area contributed by atoms with Crippen molar-refractivity contribution in [1.82, 2.24) is 0 Å². The molecule has 1 amide bonds. The van der Waals surface area contributed by atoms with Crippen LogP contribution in [0.15, 0.2) is 24.3 Å². The van der Waals surface area contributed by atoms with Crippen molar-refractivity contribution < 1.29 is 14.6 Å². The molecule has 0 saturated heterocycles. The molecule has 0 aliphatic heterocycles. The zero-order valence-electron chi connectivity index (χ0n) is 10.9. The van der Waals surface area contributed by atoms with Gasteiger partial charge < -0.3 is 15.6 Å². The number of aryl methyl sites for hydroxylation is 1. The van der Waals surface area contributed by atoms with E-state index in [-0.39, 0.29) is 0 Å². The van der Waals surface area contributed by atoms with E-state index < -0.39 is 18.3 Å². The second-order valence-corrected chi connectivity index (χ2v) is 4.48. The summed E-state index contributed by atoms with van der Waals surface area (Å²) in [6.07, 6.45) is 0.199. The summed E-state index contributed by atoms with van der Waals surface area (Å²) < 4.78 is 5.00. The number of carbonyl (C=O) groups excluding carboxylic acids is 1. The van der Waals surface area contributed by atoms with Gasteiger partial charge in [0, 0.05) is 0 Å². The third-order valence-electron chi connectivity index (χ3n) is 2.85. The molecule has 0 heterocycles. The summed E-state index contributed by atoms with van der Waals surface area (Å²) in [4.78, 5) is 10.9. The number of ether oxygens (including phenoxy) is 1. The minimum Gasteiger partial charge on any atom is -0.443 e. The second-order valence-electron chi connectivity index (χ2n) is 4.48. The van der Waals surface area contributed by atoms with Crippen LogP contribution < -0.4 is 5.73 Å². The Kier molecular flexibility index (Phi) is 5.65. The molecule has 0 aliphatic carbocycles. The lowest BCUT2D eigenvalue weighted by Crippen LogP contribution is -2.28. The van der Waals surface area contributed by atoms with Gasteiger partial charge in [-0.2, -0.15) is 0 Å². The predicted octanol–water partition coefficient (Wildman–Crippen LogP) is 2.68. The van der Waals surface area contributed by atoms with Crippen LogP contribution in [-0.2, 0) is 4.74 Å². The Bertz CT molecular complexity index is 392. The van der Waals surface area contributed by atoms with Gasteiger partial charge in [-0.25, -0.2) is 4.79 Å². The highest BCUT2D eigenvalue weighted by Crippen LogP contribution is 2.23. The third kappa shape index (κ3) is 4.37. The molecule has 4 nitrogen and oxygen atoms in total. The van der Waals surface area contributed by atoms with Crippen LogP contribution in [-0.4, -0.2) is 17.3 Å².